The highest BCUT2D eigenvalue weighted by Gasteiger charge is 2.28. The summed E-state index contributed by atoms with van der Waals surface area (Å²) in [7, 11) is -3.19. The van der Waals surface area contributed by atoms with Crippen LogP contribution in [0.25, 0.3) is 0 Å². The molecule has 8 heteroatoms. The Kier molecular flexibility index (Phi) is 4.59. The maximum atomic E-state index is 12.4. The molecule has 0 spiro atoms. The summed E-state index contributed by atoms with van der Waals surface area (Å²) in [5, 5.41) is 3.73. The molecule has 0 atom stereocenters. The van der Waals surface area contributed by atoms with Crippen molar-refractivity contribution in [2.75, 3.05) is 21.9 Å². The third-order valence-corrected chi connectivity index (χ3v) is 7.17. The Balaban J connectivity index is 1.71. The van der Waals surface area contributed by atoms with E-state index in [1.165, 1.54) is 15.6 Å². The van der Waals surface area contributed by atoms with Crippen LogP contribution in [-0.4, -0.2) is 31.6 Å². The van der Waals surface area contributed by atoms with Crippen molar-refractivity contribution in [1.82, 2.24) is 4.98 Å². The molecular weight excluding hydrogens is 358 g/mol. The zero-order valence-electron chi connectivity index (χ0n) is 14.4. The fourth-order valence-corrected chi connectivity index (χ4v) is 4.99. The summed E-state index contributed by atoms with van der Waals surface area (Å²) in [5.41, 5.74) is 1.16. The molecule has 1 aliphatic rings. The summed E-state index contributed by atoms with van der Waals surface area (Å²) >= 11 is 1.38. The zero-order valence-corrected chi connectivity index (χ0v) is 16.1. The molecule has 1 aromatic heterocycles. The van der Waals surface area contributed by atoms with Crippen LogP contribution in [0.5, 0.6) is 0 Å². The monoisotopic (exact) mass is 379 g/mol. The van der Waals surface area contributed by atoms with Gasteiger partial charge in [-0.2, -0.15) is 0 Å². The smallest absolute Gasteiger partial charge is 0.267 e. The Hall–Kier alpha value is -1.93. The van der Waals surface area contributed by atoms with Crippen molar-refractivity contribution in [3.05, 3.63) is 40.3 Å². The molecule has 1 N–H and O–H groups in total. The highest BCUT2D eigenvalue weighted by Crippen LogP contribution is 2.28. The molecule has 6 nitrogen and oxygen atoms in total. The van der Waals surface area contributed by atoms with E-state index in [0.717, 1.165) is 5.01 Å². The van der Waals surface area contributed by atoms with Gasteiger partial charge >= 0.3 is 0 Å². The van der Waals surface area contributed by atoms with Gasteiger partial charge in [0, 0.05) is 17.6 Å². The largest absolute Gasteiger partial charge is 0.321 e. The SMILES string of the molecule is CC(C)(C)c1ncc(C(=O)Nc2ccc(N3CCCS3(=O)=O)cc2)s1. The van der Waals surface area contributed by atoms with Gasteiger partial charge in [-0.3, -0.25) is 9.10 Å². The van der Waals surface area contributed by atoms with Crippen LogP contribution in [0.15, 0.2) is 30.5 Å². The Morgan fingerprint density at radius 2 is 1.92 bits per heavy atom. The van der Waals surface area contributed by atoms with Gasteiger partial charge in [0.15, 0.2) is 0 Å². The summed E-state index contributed by atoms with van der Waals surface area (Å²) in [4.78, 5) is 17.2. The highest BCUT2D eigenvalue weighted by molar-refractivity contribution is 7.93. The second-order valence-electron chi connectivity index (χ2n) is 7.02. The van der Waals surface area contributed by atoms with Crippen LogP contribution < -0.4 is 9.62 Å². The Bertz CT molecular complexity index is 881. The molecular formula is C17H21N3O3S2. The van der Waals surface area contributed by atoms with Crippen molar-refractivity contribution in [3.63, 3.8) is 0 Å². The number of anilines is 2. The maximum Gasteiger partial charge on any atom is 0.267 e. The summed E-state index contributed by atoms with van der Waals surface area (Å²) in [6.45, 7) is 6.67. The topological polar surface area (TPSA) is 79.4 Å². The lowest BCUT2D eigenvalue weighted by Gasteiger charge is -2.17. The number of nitrogens with one attached hydrogen (secondary N) is 1. The number of hydrogen-bond donors (Lipinski definition) is 1. The predicted molar refractivity (Wildman–Crippen MR) is 101 cm³/mol. The quantitative estimate of drug-likeness (QED) is 0.888. The number of hydrogen-bond acceptors (Lipinski definition) is 5. The van der Waals surface area contributed by atoms with Crippen molar-refractivity contribution < 1.29 is 13.2 Å². The number of nitrogens with zero attached hydrogens (tertiary/aromatic N) is 2. The molecule has 0 unspecified atom stereocenters. The van der Waals surface area contributed by atoms with Gasteiger partial charge in [-0.25, -0.2) is 13.4 Å². The van der Waals surface area contributed by atoms with Crippen LogP contribution in [0.2, 0.25) is 0 Å². The van der Waals surface area contributed by atoms with Gasteiger partial charge in [-0.15, -0.1) is 11.3 Å². The van der Waals surface area contributed by atoms with Gasteiger partial charge in [-0.1, -0.05) is 20.8 Å². The van der Waals surface area contributed by atoms with E-state index in [9.17, 15) is 13.2 Å². The molecule has 2 aromatic rings. The first-order valence-electron chi connectivity index (χ1n) is 8.05. The minimum absolute atomic E-state index is 0.0912. The van der Waals surface area contributed by atoms with E-state index in [1.54, 1.807) is 30.5 Å². The van der Waals surface area contributed by atoms with Crippen molar-refractivity contribution in [3.8, 4) is 0 Å². The lowest BCUT2D eigenvalue weighted by atomic mass is 9.98. The fraction of sp³-hybridized carbons (Fsp3) is 0.412. The number of carbonyl (C=O) groups excluding carboxylic acids is 1. The zero-order chi connectivity index (χ0) is 18.2. The molecule has 134 valence electrons. The molecule has 0 aliphatic carbocycles. The first-order valence-corrected chi connectivity index (χ1v) is 10.5. The van der Waals surface area contributed by atoms with Gasteiger partial charge in [0.25, 0.3) is 5.91 Å². The number of amides is 1. The minimum atomic E-state index is -3.19. The molecule has 1 aliphatic heterocycles. The van der Waals surface area contributed by atoms with E-state index in [0.29, 0.717) is 29.2 Å². The summed E-state index contributed by atoms with van der Waals surface area (Å²) < 4.78 is 25.3. The lowest BCUT2D eigenvalue weighted by Crippen LogP contribution is -2.24. The first kappa shape index (κ1) is 17.9. The fourth-order valence-electron chi connectivity index (χ4n) is 2.56. The summed E-state index contributed by atoms with van der Waals surface area (Å²) in [6, 6.07) is 6.86. The normalized spacial score (nSPS) is 16.8. The highest BCUT2D eigenvalue weighted by atomic mass is 32.2. The number of benzene rings is 1. The minimum Gasteiger partial charge on any atom is -0.321 e. The summed E-state index contributed by atoms with van der Waals surface area (Å²) in [5.74, 6) is -0.0259. The molecule has 3 rings (SSSR count). The van der Waals surface area contributed by atoms with Crippen LogP contribution in [0.3, 0.4) is 0 Å². The number of sulfonamides is 1. The van der Waals surface area contributed by atoms with E-state index in [2.05, 4.69) is 31.1 Å². The molecule has 1 aromatic carbocycles. The molecule has 0 radical (unpaired) electrons. The number of thiazole rings is 1. The van der Waals surface area contributed by atoms with Crippen molar-refractivity contribution >= 4 is 38.6 Å². The van der Waals surface area contributed by atoms with Gasteiger partial charge in [0.05, 0.1) is 22.6 Å². The van der Waals surface area contributed by atoms with Crippen LogP contribution in [0, 0.1) is 0 Å². The van der Waals surface area contributed by atoms with Crippen molar-refractivity contribution in [2.24, 2.45) is 0 Å². The predicted octanol–water partition coefficient (Wildman–Crippen LogP) is 3.23. The molecule has 1 amide bonds. The summed E-state index contributed by atoms with van der Waals surface area (Å²) in [6.07, 6.45) is 2.23. The molecule has 2 heterocycles. The average Bonchev–Trinajstić information content (AvgIpc) is 3.14. The standard InChI is InChI=1S/C17H21N3O3S2/c1-17(2,3)16-18-11-14(24-16)15(21)19-12-5-7-13(8-6-12)20-9-4-10-25(20,22)23/h5-8,11H,4,9-10H2,1-3H3,(H,19,21). The van der Waals surface area contributed by atoms with E-state index in [-0.39, 0.29) is 17.1 Å². The van der Waals surface area contributed by atoms with Gasteiger partial charge in [0.1, 0.15) is 4.88 Å². The molecule has 0 saturated carbocycles. The van der Waals surface area contributed by atoms with E-state index >= 15 is 0 Å². The Morgan fingerprint density at radius 3 is 2.44 bits per heavy atom. The van der Waals surface area contributed by atoms with Crippen molar-refractivity contribution in [1.29, 1.82) is 0 Å². The second-order valence-corrected chi connectivity index (χ2v) is 10.1. The van der Waals surface area contributed by atoms with Gasteiger partial charge in [0.2, 0.25) is 10.0 Å². The number of aromatic nitrogens is 1. The van der Waals surface area contributed by atoms with Gasteiger partial charge in [-0.05, 0) is 30.7 Å². The molecule has 0 bridgehead atoms. The van der Waals surface area contributed by atoms with E-state index in [1.807, 2.05) is 0 Å². The molecule has 1 fully saturated rings. The van der Waals surface area contributed by atoms with Crippen LogP contribution in [0.4, 0.5) is 11.4 Å². The third-order valence-electron chi connectivity index (χ3n) is 3.88. The molecule has 25 heavy (non-hydrogen) atoms. The number of carbonyl (C=O) groups is 1. The first-order chi connectivity index (χ1) is 11.7. The average molecular weight is 380 g/mol. The van der Waals surface area contributed by atoms with Crippen LogP contribution in [0.1, 0.15) is 41.9 Å². The van der Waals surface area contributed by atoms with Gasteiger partial charge < -0.3 is 5.32 Å². The third kappa shape index (κ3) is 3.85. The Morgan fingerprint density at radius 1 is 1.24 bits per heavy atom. The van der Waals surface area contributed by atoms with E-state index < -0.39 is 10.0 Å². The molecule has 1 saturated heterocycles. The van der Waals surface area contributed by atoms with Crippen molar-refractivity contribution in [2.45, 2.75) is 32.6 Å². The van der Waals surface area contributed by atoms with E-state index in [4.69, 9.17) is 0 Å². The maximum absolute atomic E-state index is 12.4. The second kappa shape index (κ2) is 6.42. The lowest BCUT2D eigenvalue weighted by molar-refractivity contribution is 0.103. The van der Waals surface area contributed by atoms with Crippen LogP contribution >= 0.6 is 11.3 Å². The number of rotatable bonds is 3. The van der Waals surface area contributed by atoms with Crippen LogP contribution in [-0.2, 0) is 15.4 Å². The Labute approximate surface area is 151 Å².